The molecule has 0 radical (unpaired) electrons. The van der Waals surface area contributed by atoms with Crippen LogP contribution in [0.15, 0.2) is 18.3 Å². The first-order valence-electron chi connectivity index (χ1n) is 5.22. The van der Waals surface area contributed by atoms with Crippen LogP contribution in [0.25, 0.3) is 5.65 Å². The number of rotatable bonds is 4. The van der Waals surface area contributed by atoms with Crippen molar-refractivity contribution in [3.05, 3.63) is 23.9 Å². The fourth-order valence-corrected chi connectivity index (χ4v) is 1.88. The molecule has 0 saturated carbocycles. The highest BCUT2D eigenvalue weighted by atomic mass is 32.2. The Morgan fingerprint density at radius 2 is 2.22 bits per heavy atom. The third-order valence-corrected chi connectivity index (χ3v) is 2.94. The van der Waals surface area contributed by atoms with Crippen LogP contribution in [0.4, 0.5) is 19.1 Å². The molecule has 0 aliphatic carbocycles. The Labute approximate surface area is 106 Å². The molecule has 18 heavy (non-hydrogen) atoms. The maximum atomic E-state index is 11.9. The zero-order valence-electron chi connectivity index (χ0n) is 9.53. The summed E-state index contributed by atoms with van der Waals surface area (Å²) < 4.78 is 37.3. The Bertz CT molecular complexity index is 537. The van der Waals surface area contributed by atoms with Gasteiger partial charge in [0.2, 0.25) is 5.95 Å². The fourth-order valence-electron chi connectivity index (χ4n) is 1.44. The number of alkyl halides is 3. The number of aromatic nitrogens is 3. The average Bonchev–Trinajstić information content (AvgIpc) is 2.68. The molecule has 2 rings (SSSR count). The number of hydrogen-bond donors (Lipinski definition) is 1. The predicted octanol–water partition coefficient (Wildman–Crippen LogP) is 2.70. The smallest absolute Gasteiger partial charge is 0.352 e. The maximum Gasteiger partial charge on any atom is 0.441 e. The molecule has 1 N–H and O–H groups in total. The van der Waals surface area contributed by atoms with Crippen LogP contribution in [-0.2, 0) is 0 Å². The van der Waals surface area contributed by atoms with Crippen molar-refractivity contribution in [2.75, 3.05) is 17.6 Å². The average molecular weight is 276 g/mol. The van der Waals surface area contributed by atoms with Crippen molar-refractivity contribution in [2.45, 2.75) is 12.4 Å². The van der Waals surface area contributed by atoms with Gasteiger partial charge in [-0.1, -0.05) is 6.07 Å². The lowest BCUT2D eigenvalue weighted by Gasteiger charge is -2.04. The largest absolute Gasteiger partial charge is 0.441 e. The number of fused-ring (bicyclic) bond motifs is 1. The van der Waals surface area contributed by atoms with Gasteiger partial charge in [-0.3, -0.25) is 0 Å². The third kappa shape index (κ3) is 3.28. The molecule has 2 heterocycles. The van der Waals surface area contributed by atoms with Crippen LogP contribution in [0, 0.1) is 6.92 Å². The van der Waals surface area contributed by atoms with E-state index in [1.54, 1.807) is 10.7 Å². The van der Waals surface area contributed by atoms with Gasteiger partial charge in [0.15, 0.2) is 5.65 Å². The summed E-state index contributed by atoms with van der Waals surface area (Å²) in [6.45, 7) is 2.06. The monoisotopic (exact) mass is 276 g/mol. The maximum absolute atomic E-state index is 11.9. The molecule has 8 heteroatoms. The van der Waals surface area contributed by atoms with E-state index in [-0.39, 0.29) is 24.1 Å². The zero-order valence-corrected chi connectivity index (χ0v) is 10.3. The number of hydrogen-bond acceptors (Lipinski definition) is 4. The van der Waals surface area contributed by atoms with Gasteiger partial charge in [-0.2, -0.15) is 18.2 Å². The topological polar surface area (TPSA) is 42.2 Å². The van der Waals surface area contributed by atoms with Gasteiger partial charge in [0.25, 0.3) is 0 Å². The first kappa shape index (κ1) is 13.0. The summed E-state index contributed by atoms with van der Waals surface area (Å²) in [5, 5.41) is 6.88. The molecule has 0 unspecified atom stereocenters. The van der Waals surface area contributed by atoms with E-state index in [1.165, 1.54) is 0 Å². The summed E-state index contributed by atoms with van der Waals surface area (Å²) in [6, 6.07) is 3.73. The van der Waals surface area contributed by atoms with E-state index < -0.39 is 5.51 Å². The summed E-state index contributed by atoms with van der Waals surface area (Å²) in [5.74, 6) is 0.268. The van der Waals surface area contributed by atoms with Crippen molar-refractivity contribution in [3.8, 4) is 0 Å². The van der Waals surface area contributed by atoms with E-state index in [1.807, 2.05) is 19.1 Å². The lowest BCUT2D eigenvalue weighted by molar-refractivity contribution is -0.0327. The minimum absolute atomic E-state index is 0.0620. The molecule has 0 aliphatic rings. The normalized spacial score (nSPS) is 12.0. The molecule has 2 aromatic heterocycles. The Balaban J connectivity index is 1.94. The van der Waals surface area contributed by atoms with Crippen molar-refractivity contribution < 1.29 is 13.2 Å². The molecule has 0 amide bonds. The highest BCUT2D eigenvalue weighted by Gasteiger charge is 2.27. The second-order valence-electron chi connectivity index (χ2n) is 3.62. The minimum atomic E-state index is -4.19. The molecule has 0 spiro atoms. The molecular formula is C10H11F3N4S. The van der Waals surface area contributed by atoms with Gasteiger partial charge < -0.3 is 5.32 Å². The quantitative estimate of drug-likeness (QED) is 0.872. The molecule has 0 fully saturated rings. The van der Waals surface area contributed by atoms with E-state index in [9.17, 15) is 13.2 Å². The van der Waals surface area contributed by atoms with Gasteiger partial charge >= 0.3 is 5.51 Å². The molecule has 0 bridgehead atoms. The number of thioether (sulfide) groups is 1. The highest BCUT2D eigenvalue weighted by molar-refractivity contribution is 8.00. The van der Waals surface area contributed by atoms with E-state index in [0.29, 0.717) is 11.6 Å². The van der Waals surface area contributed by atoms with Crippen molar-refractivity contribution in [1.82, 2.24) is 14.6 Å². The predicted molar refractivity (Wildman–Crippen MR) is 64.7 cm³/mol. The number of halogens is 3. The van der Waals surface area contributed by atoms with E-state index in [4.69, 9.17) is 0 Å². The zero-order chi connectivity index (χ0) is 13.2. The van der Waals surface area contributed by atoms with Gasteiger partial charge in [0.05, 0.1) is 0 Å². The Morgan fingerprint density at radius 1 is 1.44 bits per heavy atom. The number of nitrogens with one attached hydrogen (secondary N) is 1. The molecule has 0 aromatic carbocycles. The molecule has 2 aromatic rings. The van der Waals surface area contributed by atoms with Gasteiger partial charge in [-0.05, 0) is 30.3 Å². The van der Waals surface area contributed by atoms with Gasteiger partial charge in [-0.25, -0.2) is 4.52 Å². The van der Waals surface area contributed by atoms with Gasteiger partial charge in [0.1, 0.15) is 0 Å². The number of aryl methyl sites for hydroxylation is 1. The van der Waals surface area contributed by atoms with Crippen LogP contribution in [0.1, 0.15) is 5.56 Å². The van der Waals surface area contributed by atoms with Crippen molar-refractivity contribution in [2.24, 2.45) is 0 Å². The van der Waals surface area contributed by atoms with Crippen LogP contribution in [0.3, 0.4) is 0 Å². The lowest BCUT2D eigenvalue weighted by Crippen LogP contribution is -2.10. The minimum Gasteiger partial charge on any atom is -0.352 e. The highest BCUT2D eigenvalue weighted by Crippen LogP contribution is 2.29. The molecule has 0 atom stereocenters. The third-order valence-electron chi connectivity index (χ3n) is 2.21. The van der Waals surface area contributed by atoms with Crippen LogP contribution >= 0.6 is 11.8 Å². The Kier molecular flexibility index (Phi) is 3.65. The number of anilines is 1. The lowest BCUT2D eigenvalue weighted by atomic mass is 10.3. The Hall–Kier alpha value is -1.44. The van der Waals surface area contributed by atoms with E-state index in [0.717, 1.165) is 5.56 Å². The van der Waals surface area contributed by atoms with Gasteiger partial charge in [0, 0.05) is 18.5 Å². The molecule has 0 aliphatic heterocycles. The number of nitrogens with zero attached hydrogens (tertiary/aromatic N) is 3. The van der Waals surface area contributed by atoms with Gasteiger partial charge in [-0.15, -0.1) is 5.10 Å². The van der Waals surface area contributed by atoms with E-state index in [2.05, 4.69) is 15.4 Å². The molecular weight excluding hydrogens is 265 g/mol. The summed E-state index contributed by atoms with van der Waals surface area (Å²) in [6.07, 6.45) is 1.74. The summed E-state index contributed by atoms with van der Waals surface area (Å²) in [4.78, 5) is 4.20. The summed E-state index contributed by atoms with van der Waals surface area (Å²) >= 11 is -0.0620. The summed E-state index contributed by atoms with van der Waals surface area (Å²) in [5.41, 5.74) is -2.53. The first-order valence-corrected chi connectivity index (χ1v) is 6.21. The second kappa shape index (κ2) is 5.05. The van der Waals surface area contributed by atoms with Crippen molar-refractivity contribution >= 4 is 23.4 Å². The SMILES string of the molecule is Cc1cccn2nc(NCCSC(F)(F)F)nc12. The molecule has 4 nitrogen and oxygen atoms in total. The molecule has 98 valence electrons. The summed E-state index contributed by atoms with van der Waals surface area (Å²) in [7, 11) is 0. The van der Waals surface area contributed by atoms with Crippen LogP contribution < -0.4 is 5.32 Å². The first-order chi connectivity index (χ1) is 8.46. The second-order valence-corrected chi connectivity index (χ2v) is 4.78. The van der Waals surface area contributed by atoms with Crippen LogP contribution in [-0.4, -0.2) is 32.4 Å². The van der Waals surface area contributed by atoms with Crippen molar-refractivity contribution in [1.29, 1.82) is 0 Å². The standard InChI is InChI=1S/C10H11F3N4S/c1-7-3-2-5-17-8(7)15-9(16-17)14-4-6-18-10(11,12)13/h2-3,5H,4,6H2,1H3,(H,14,16). The van der Waals surface area contributed by atoms with Crippen LogP contribution in [0.2, 0.25) is 0 Å². The fraction of sp³-hybridized carbons (Fsp3) is 0.400. The van der Waals surface area contributed by atoms with Crippen LogP contribution in [0.5, 0.6) is 0 Å². The van der Waals surface area contributed by atoms with E-state index >= 15 is 0 Å². The number of pyridine rings is 1. The van der Waals surface area contributed by atoms with Crippen molar-refractivity contribution in [3.63, 3.8) is 0 Å². The Morgan fingerprint density at radius 3 is 2.89 bits per heavy atom. The molecule has 0 saturated heterocycles.